The average molecular weight is 463 g/mol. The summed E-state index contributed by atoms with van der Waals surface area (Å²) in [6.07, 6.45) is 3.20. The molecule has 0 saturated heterocycles. The Labute approximate surface area is 208 Å². The normalized spacial score (nSPS) is 19.4. The Morgan fingerprint density at radius 1 is 0.667 bits per heavy atom. The lowest BCUT2D eigenvalue weighted by atomic mass is 9.74. The number of benzene rings is 3. The second-order valence-electron chi connectivity index (χ2n) is 9.03. The SMILES string of the molecule is [B]N1c2ccc3c(c2[N+]([B])=C2C=CC4=C(C(=O)c5ccccc5C4=O)C21)C(=O)c1ccccc1C3=O. The number of hydrogen-bond acceptors (Lipinski definition) is 5. The number of ketones is 4. The number of anilines is 1. The topological polar surface area (TPSA) is 74.5 Å². The van der Waals surface area contributed by atoms with Crippen molar-refractivity contribution in [3.63, 3.8) is 0 Å². The Hall–Kier alpha value is -4.58. The maximum Gasteiger partial charge on any atom is 0.587 e. The van der Waals surface area contributed by atoms with Gasteiger partial charge in [-0.05, 0) is 18.2 Å². The number of hydrogen-bond donors (Lipinski definition) is 0. The quantitative estimate of drug-likeness (QED) is 0.376. The second-order valence-corrected chi connectivity index (χ2v) is 9.03. The van der Waals surface area contributed by atoms with E-state index >= 15 is 0 Å². The molecule has 3 aromatic carbocycles. The molecular formula is C28H13B2N2O4+. The van der Waals surface area contributed by atoms with E-state index in [4.69, 9.17) is 16.0 Å². The molecule has 36 heavy (non-hydrogen) atoms. The summed E-state index contributed by atoms with van der Waals surface area (Å²) in [5.41, 5.74) is 3.22. The summed E-state index contributed by atoms with van der Waals surface area (Å²) in [6.45, 7) is 0. The molecule has 1 aliphatic heterocycles. The molecule has 4 radical (unpaired) electrons. The van der Waals surface area contributed by atoms with E-state index in [9.17, 15) is 19.2 Å². The lowest BCUT2D eigenvalue weighted by molar-refractivity contribution is -0.270. The standard InChI is InChI=1S/C28H13B2N2O4/c29-31-20-12-10-18-22(28(36)16-8-4-2-6-14(16)26(18)34)24(20)32(30)19-11-9-17-21(23(19)31)27(35)15-7-3-1-5-13(15)25(17)33/h1-12,23H/q+1. The van der Waals surface area contributed by atoms with Gasteiger partial charge < -0.3 is 4.81 Å². The molecule has 0 spiro atoms. The summed E-state index contributed by atoms with van der Waals surface area (Å²) >= 11 is 0. The molecule has 0 fully saturated rings. The van der Waals surface area contributed by atoms with Gasteiger partial charge in [-0.1, -0.05) is 48.5 Å². The first-order valence-corrected chi connectivity index (χ1v) is 11.3. The molecule has 1 atom stereocenters. The molecule has 3 aromatic rings. The summed E-state index contributed by atoms with van der Waals surface area (Å²) < 4.78 is 1.31. The fourth-order valence-corrected chi connectivity index (χ4v) is 5.63. The van der Waals surface area contributed by atoms with E-state index in [1.165, 1.54) is 9.30 Å². The third-order valence-electron chi connectivity index (χ3n) is 7.29. The van der Waals surface area contributed by atoms with E-state index in [0.29, 0.717) is 33.7 Å². The van der Waals surface area contributed by atoms with Crippen LogP contribution in [0.2, 0.25) is 0 Å². The summed E-state index contributed by atoms with van der Waals surface area (Å²) in [5, 5.41) is 0. The predicted molar refractivity (Wildman–Crippen MR) is 134 cm³/mol. The third-order valence-corrected chi connectivity index (χ3v) is 7.29. The number of allylic oxidation sites excluding steroid dienone is 2. The molecule has 0 bridgehead atoms. The Bertz CT molecular complexity index is 1750. The maximum absolute atomic E-state index is 13.6. The van der Waals surface area contributed by atoms with Gasteiger partial charge in [0.15, 0.2) is 23.1 Å². The van der Waals surface area contributed by atoms with Crippen molar-refractivity contribution in [1.82, 2.24) is 0 Å². The minimum atomic E-state index is -0.855. The molecule has 1 heterocycles. The molecule has 8 heteroatoms. The Kier molecular flexibility index (Phi) is 4.03. The lowest BCUT2D eigenvalue weighted by Gasteiger charge is -2.39. The van der Waals surface area contributed by atoms with E-state index < -0.39 is 6.04 Å². The third kappa shape index (κ3) is 2.40. The summed E-state index contributed by atoms with van der Waals surface area (Å²) in [7, 11) is 13.2. The van der Waals surface area contributed by atoms with Crippen LogP contribution in [0.15, 0.2) is 84.0 Å². The van der Waals surface area contributed by atoms with Gasteiger partial charge in [0.1, 0.15) is 11.6 Å². The first-order valence-electron chi connectivity index (χ1n) is 11.3. The highest BCUT2D eigenvalue weighted by molar-refractivity contribution is 6.37. The highest BCUT2D eigenvalue weighted by Gasteiger charge is 2.48. The fourth-order valence-electron chi connectivity index (χ4n) is 5.63. The number of fused-ring (bicyclic) bond motifs is 7. The average Bonchev–Trinajstić information content (AvgIpc) is 2.92. The Balaban J connectivity index is 1.46. The van der Waals surface area contributed by atoms with Gasteiger partial charge in [-0.3, -0.25) is 23.7 Å². The molecular weight excluding hydrogens is 450 g/mol. The van der Waals surface area contributed by atoms with Crippen LogP contribution in [-0.2, 0) is 0 Å². The summed E-state index contributed by atoms with van der Waals surface area (Å²) in [6, 6.07) is 15.6. The highest BCUT2D eigenvalue weighted by atomic mass is 16.1. The van der Waals surface area contributed by atoms with Gasteiger partial charge in [-0.2, -0.15) is 0 Å². The van der Waals surface area contributed by atoms with E-state index in [2.05, 4.69) is 0 Å². The predicted octanol–water partition coefficient (Wildman–Crippen LogP) is 2.85. The van der Waals surface area contributed by atoms with Crippen molar-refractivity contribution in [3.8, 4) is 0 Å². The molecule has 1 unspecified atom stereocenters. The molecule has 164 valence electrons. The highest BCUT2D eigenvalue weighted by Crippen LogP contribution is 2.44. The molecule has 0 aromatic heterocycles. The van der Waals surface area contributed by atoms with Crippen LogP contribution in [-0.4, -0.2) is 55.3 Å². The largest absolute Gasteiger partial charge is 0.587 e. The van der Waals surface area contributed by atoms with Crippen LogP contribution in [0.1, 0.15) is 52.6 Å². The first kappa shape index (κ1) is 20.8. The molecule has 6 nitrogen and oxygen atoms in total. The van der Waals surface area contributed by atoms with Crippen molar-refractivity contribution < 1.29 is 23.7 Å². The number of rotatable bonds is 0. The maximum atomic E-state index is 13.6. The van der Waals surface area contributed by atoms with Gasteiger partial charge in [0.05, 0.1) is 5.69 Å². The zero-order valence-electron chi connectivity index (χ0n) is 18.7. The monoisotopic (exact) mass is 463 g/mol. The molecule has 0 N–H and O–H groups in total. The lowest BCUT2D eigenvalue weighted by Crippen LogP contribution is -2.51. The van der Waals surface area contributed by atoms with Crippen molar-refractivity contribution in [3.05, 3.63) is 117 Å². The van der Waals surface area contributed by atoms with Crippen LogP contribution in [0.25, 0.3) is 0 Å². The zero-order valence-corrected chi connectivity index (χ0v) is 18.7. The zero-order chi connectivity index (χ0) is 24.9. The van der Waals surface area contributed by atoms with Crippen molar-refractivity contribution in [1.29, 1.82) is 0 Å². The van der Waals surface area contributed by atoms with E-state index in [1.54, 1.807) is 72.8 Å². The van der Waals surface area contributed by atoms with E-state index in [-0.39, 0.29) is 51.1 Å². The van der Waals surface area contributed by atoms with Crippen LogP contribution < -0.4 is 4.81 Å². The van der Waals surface area contributed by atoms with Crippen LogP contribution >= 0.6 is 0 Å². The molecule has 0 amide bonds. The number of carbonyl (C=O) groups excluding carboxylic acids is 4. The van der Waals surface area contributed by atoms with Crippen molar-refractivity contribution in [2.75, 3.05) is 4.81 Å². The second kappa shape index (κ2) is 6.98. The van der Waals surface area contributed by atoms with E-state index in [1.807, 2.05) is 0 Å². The Morgan fingerprint density at radius 2 is 1.25 bits per heavy atom. The van der Waals surface area contributed by atoms with Gasteiger partial charge >= 0.3 is 7.98 Å². The van der Waals surface area contributed by atoms with Gasteiger partial charge in [-0.25, -0.2) is 0 Å². The van der Waals surface area contributed by atoms with Crippen molar-refractivity contribution in [2.45, 2.75) is 6.04 Å². The summed E-state index contributed by atoms with van der Waals surface area (Å²) in [4.78, 5) is 55.0. The Morgan fingerprint density at radius 3 is 1.92 bits per heavy atom. The number of Topliss-reactive ketones (excluding diaryl/α,β-unsaturated/α-hetero) is 2. The number of carbonyl (C=O) groups is 4. The minimum Gasteiger partial charge on any atom is -0.405 e. The van der Waals surface area contributed by atoms with Crippen LogP contribution in [0.4, 0.5) is 11.4 Å². The van der Waals surface area contributed by atoms with Crippen LogP contribution in [0.3, 0.4) is 0 Å². The summed E-state index contributed by atoms with van der Waals surface area (Å²) in [5.74, 6) is -1.18. The van der Waals surface area contributed by atoms with Gasteiger partial charge in [-0.15, -0.1) is 0 Å². The van der Waals surface area contributed by atoms with Crippen LogP contribution in [0.5, 0.6) is 0 Å². The number of nitrogens with zero attached hydrogens (tertiary/aromatic N) is 2. The van der Waals surface area contributed by atoms with Gasteiger partial charge in [0, 0.05) is 45.0 Å². The fraction of sp³-hybridized carbons (Fsp3) is 0.0357. The van der Waals surface area contributed by atoms with E-state index in [0.717, 1.165) is 0 Å². The molecule has 3 aliphatic carbocycles. The molecule has 4 aliphatic rings. The van der Waals surface area contributed by atoms with Gasteiger partial charge in [0.25, 0.3) is 0 Å². The van der Waals surface area contributed by atoms with Crippen molar-refractivity contribution >= 4 is 56.2 Å². The van der Waals surface area contributed by atoms with Crippen LogP contribution in [0, 0.1) is 0 Å². The smallest absolute Gasteiger partial charge is 0.405 e. The van der Waals surface area contributed by atoms with Gasteiger partial charge in [0.2, 0.25) is 19.5 Å². The molecule has 0 saturated carbocycles. The van der Waals surface area contributed by atoms with Crippen molar-refractivity contribution in [2.24, 2.45) is 0 Å². The molecule has 7 rings (SSSR count). The minimum absolute atomic E-state index is 0.157. The first-order chi connectivity index (χ1) is 17.4.